The molecule has 2 amide bonds. The van der Waals surface area contributed by atoms with Crippen LogP contribution in [0.5, 0.6) is 0 Å². The molecule has 1 aliphatic rings. The number of amides is 2. The first kappa shape index (κ1) is 8.33. The van der Waals surface area contributed by atoms with E-state index in [4.69, 9.17) is 10.8 Å². The molecule has 0 spiro atoms. The number of nitrogens with two attached hydrogens (primary N) is 1. The molecule has 1 atom stereocenters. The van der Waals surface area contributed by atoms with Gasteiger partial charge in [-0.25, -0.2) is 4.79 Å². The molecule has 4 heteroatoms. The molecular weight excluding hydrogens is 144 g/mol. The molecule has 1 unspecified atom stereocenters. The molecule has 0 bridgehead atoms. The van der Waals surface area contributed by atoms with Gasteiger partial charge < -0.3 is 15.7 Å². The fourth-order valence-corrected chi connectivity index (χ4v) is 1.48. The predicted molar refractivity (Wildman–Crippen MR) is 41.0 cm³/mol. The highest BCUT2D eigenvalue weighted by molar-refractivity contribution is 5.72. The Hall–Kier alpha value is -0.770. The van der Waals surface area contributed by atoms with Gasteiger partial charge in [-0.05, 0) is 19.3 Å². The number of likely N-dealkylation sites (tertiary alicyclic amines) is 1. The maximum absolute atomic E-state index is 10.8. The Morgan fingerprint density at radius 2 is 2.36 bits per heavy atom. The first-order chi connectivity index (χ1) is 5.25. The number of carbonyl (C=O) groups is 1. The number of hydrogen-bond donors (Lipinski definition) is 2. The fraction of sp³-hybridized carbons (Fsp3) is 0.857. The van der Waals surface area contributed by atoms with Gasteiger partial charge in [0, 0.05) is 6.54 Å². The van der Waals surface area contributed by atoms with E-state index in [2.05, 4.69) is 0 Å². The van der Waals surface area contributed by atoms with Crippen molar-refractivity contribution in [2.45, 2.75) is 25.3 Å². The van der Waals surface area contributed by atoms with Crippen molar-refractivity contribution >= 4 is 6.03 Å². The molecule has 1 saturated heterocycles. The SMILES string of the molecule is NC(=O)N1CCCCC1CO. The van der Waals surface area contributed by atoms with Gasteiger partial charge in [-0.1, -0.05) is 0 Å². The quantitative estimate of drug-likeness (QED) is 0.560. The van der Waals surface area contributed by atoms with E-state index in [1.54, 1.807) is 4.90 Å². The Morgan fingerprint density at radius 3 is 2.82 bits per heavy atom. The lowest BCUT2D eigenvalue weighted by Gasteiger charge is -2.32. The van der Waals surface area contributed by atoms with Crippen molar-refractivity contribution in [3.63, 3.8) is 0 Å². The highest BCUT2D eigenvalue weighted by Gasteiger charge is 2.23. The number of nitrogens with zero attached hydrogens (tertiary/aromatic N) is 1. The van der Waals surface area contributed by atoms with Crippen LogP contribution in [0.15, 0.2) is 0 Å². The highest BCUT2D eigenvalue weighted by Crippen LogP contribution is 2.15. The summed E-state index contributed by atoms with van der Waals surface area (Å²) in [4.78, 5) is 12.3. The van der Waals surface area contributed by atoms with Crippen molar-refractivity contribution in [1.29, 1.82) is 0 Å². The lowest BCUT2D eigenvalue weighted by molar-refractivity contribution is 0.113. The van der Waals surface area contributed by atoms with Crippen molar-refractivity contribution in [3.05, 3.63) is 0 Å². The first-order valence-corrected chi connectivity index (χ1v) is 3.92. The second-order valence-electron chi connectivity index (χ2n) is 2.86. The lowest BCUT2D eigenvalue weighted by Crippen LogP contribution is -2.48. The number of primary amides is 1. The van der Waals surface area contributed by atoms with Crippen LogP contribution in [0.1, 0.15) is 19.3 Å². The summed E-state index contributed by atoms with van der Waals surface area (Å²) in [5.41, 5.74) is 5.11. The minimum Gasteiger partial charge on any atom is -0.394 e. The van der Waals surface area contributed by atoms with Gasteiger partial charge in [0.1, 0.15) is 0 Å². The van der Waals surface area contributed by atoms with E-state index in [1.807, 2.05) is 0 Å². The van der Waals surface area contributed by atoms with Crippen LogP contribution >= 0.6 is 0 Å². The summed E-state index contributed by atoms with van der Waals surface area (Å²) in [5, 5.41) is 8.86. The molecule has 1 heterocycles. The molecule has 64 valence electrons. The number of rotatable bonds is 1. The van der Waals surface area contributed by atoms with Crippen molar-refractivity contribution in [3.8, 4) is 0 Å². The Morgan fingerprint density at radius 1 is 1.64 bits per heavy atom. The number of hydrogen-bond acceptors (Lipinski definition) is 2. The normalized spacial score (nSPS) is 25.2. The van der Waals surface area contributed by atoms with Crippen LogP contribution in [0, 0.1) is 0 Å². The molecule has 3 N–H and O–H groups in total. The maximum atomic E-state index is 10.8. The Labute approximate surface area is 66.0 Å². The molecular formula is C7H14N2O2. The summed E-state index contributed by atoms with van der Waals surface area (Å²) in [6.45, 7) is 0.726. The molecule has 1 rings (SSSR count). The van der Waals surface area contributed by atoms with Gasteiger partial charge in [0.05, 0.1) is 12.6 Å². The van der Waals surface area contributed by atoms with Crippen LogP contribution < -0.4 is 5.73 Å². The predicted octanol–water partition coefficient (Wildman–Crippen LogP) is -0.0881. The fourth-order valence-electron chi connectivity index (χ4n) is 1.48. The number of aliphatic hydroxyl groups is 1. The summed E-state index contributed by atoms with van der Waals surface area (Å²) in [6, 6.07) is -0.454. The molecule has 0 aromatic carbocycles. The van der Waals surface area contributed by atoms with Crippen molar-refractivity contribution in [1.82, 2.24) is 4.90 Å². The van der Waals surface area contributed by atoms with Crippen LogP contribution in [0.3, 0.4) is 0 Å². The molecule has 0 aliphatic carbocycles. The monoisotopic (exact) mass is 158 g/mol. The van der Waals surface area contributed by atoms with Crippen molar-refractivity contribution < 1.29 is 9.90 Å². The van der Waals surface area contributed by atoms with Gasteiger partial charge in [-0.3, -0.25) is 0 Å². The van der Waals surface area contributed by atoms with Gasteiger partial charge in [0.15, 0.2) is 0 Å². The summed E-state index contributed by atoms with van der Waals surface area (Å²) < 4.78 is 0. The Kier molecular flexibility index (Phi) is 2.70. The molecule has 0 aromatic heterocycles. The second kappa shape index (κ2) is 3.57. The van der Waals surface area contributed by atoms with Crippen LogP contribution in [-0.4, -0.2) is 35.2 Å². The zero-order valence-electron chi connectivity index (χ0n) is 6.49. The maximum Gasteiger partial charge on any atom is 0.315 e. The van der Waals surface area contributed by atoms with E-state index in [1.165, 1.54) is 0 Å². The minimum absolute atomic E-state index is 0.0307. The van der Waals surface area contributed by atoms with E-state index in [-0.39, 0.29) is 12.6 Å². The van der Waals surface area contributed by atoms with Gasteiger partial charge >= 0.3 is 6.03 Å². The van der Waals surface area contributed by atoms with E-state index in [0.717, 1.165) is 19.3 Å². The number of piperidine rings is 1. The molecule has 4 nitrogen and oxygen atoms in total. The van der Waals surface area contributed by atoms with Gasteiger partial charge in [0.25, 0.3) is 0 Å². The molecule has 11 heavy (non-hydrogen) atoms. The molecule has 0 saturated carbocycles. The third-order valence-corrected chi connectivity index (χ3v) is 2.12. The Balaban J connectivity index is 2.51. The number of carbonyl (C=O) groups excluding carboxylic acids is 1. The molecule has 0 radical (unpaired) electrons. The Bertz CT molecular complexity index is 149. The summed E-state index contributed by atoms with van der Waals surface area (Å²) in [7, 11) is 0. The first-order valence-electron chi connectivity index (χ1n) is 3.92. The number of aliphatic hydroxyl groups excluding tert-OH is 1. The summed E-state index contributed by atoms with van der Waals surface area (Å²) in [5.74, 6) is 0. The zero-order chi connectivity index (χ0) is 8.27. The topological polar surface area (TPSA) is 66.6 Å². The second-order valence-corrected chi connectivity index (χ2v) is 2.86. The van der Waals surface area contributed by atoms with Gasteiger partial charge in [0.2, 0.25) is 0 Å². The minimum atomic E-state index is -0.413. The van der Waals surface area contributed by atoms with E-state index >= 15 is 0 Å². The van der Waals surface area contributed by atoms with E-state index in [9.17, 15) is 4.79 Å². The van der Waals surface area contributed by atoms with Crippen molar-refractivity contribution in [2.24, 2.45) is 5.73 Å². The van der Waals surface area contributed by atoms with E-state index < -0.39 is 6.03 Å². The highest BCUT2D eigenvalue weighted by atomic mass is 16.3. The van der Waals surface area contributed by atoms with E-state index in [0.29, 0.717) is 6.54 Å². The third kappa shape index (κ3) is 1.83. The van der Waals surface area contributed by atoms with Crippen LogP contribution in [0.2, 0.25) is 0 Å². The molecule has 1 fully saturated rings. The van der Waals surface area contributed by atoms with Crippen LogP contribution in [0.25, 0.3) is 0 Å². The molecule has 0 aromatic rings. The van der Waals surface area contributed by atoms with Crippen molar-refractivity contribution in [2.75, 3.05) is 13.2 Å². The summed E-state index contributed by atoms with van der Waals surface area (Å²) >= 11 is 0. The van der Waals surface area contributed by atoms with Gasteiger partial charge in [-0.15, -0.1) is 0 Å². The smallest absolute Gasteiger partial charge is 0.315 e. The average Bonchev–Trinajstić information content (AvgIpc) is 2.04. The van der Waals surface area contributed by atoms with Crippen LogP contribution in [-0.2, 0) is 0 Å². The number of urea groups is 1. The lowest BCUT2D eigenvalue weighted by atomic mass is 10.0. The van der Waals surface area contributed by atoms with Crippen LogP contribution in [0.4, 0.5) is 4.79 Å². The zero-order valence-corrected chi connectivity index (χ0v) is 6.49. The standard InChI is InChI=1S/C7H14N2O2/c8-7(11)9-4-2-1-3-6(9)5-10/h6,10H,1-5H2,(H2,8,11). The average molecular weight is 158 g/mol. The van der Waals surface area contributed by atoms with Gasteiger partial charge in [-0.2, -0.15) is 0 Å². The summed E-state index contributed by atoms with van der Waals surface area (Å²) in [6.07, 6.45) is 2.95. The molecule has 1 aliphatic heterocycles. The largest absolute Gasteiger partial charge is 0.394 e. The third-order valence-electron chi connectivity index (χ3n) is 2.12.